The Hall–Kier alpha value is -0.870. The molecule has 124 valence electrons. The van der Waals surface area contributed by atoms with Gasteiger partial charge in [-0.2, -0.15) is 0 Å². The van der Waals surface area contributed by atoms with Crippen LogP contribution in [0.15, 0.2) is 0 Å². The molecule has 0 amide bonds. The zero-order valence-corrected chi connectivity index (χ0v) is 15.3. The van der Waals surface area contributed by atoms with Crippen LogP contribution in [0.25, 0.3) is 10.2 Å². The molecule has 2 heterocycles. The van der Waals surface area contributed by atoms with Gasteiger partial charge in [-0.1, -0.05) is 13.3 Å². The zero-order chi connectivity index (χ0) is 15.8. The van der Waals surface area contributed by atoms with Gasteiger partial charge < -0.3 is 5.32 Å². The van der Waals surface area contributed by atoms with E-state index in [-0.39, 0.29) is 0 Å². The molecule has 1 N–H and O–H groups in total. The van der Waals surface area contributed by atoms with Crippen LogP contribution in [0.3, 0.4) is 0 Å². The first-order chi connectivity index (χ1) is 11.2. The Balaban J connectivity index is 1.71. The maximum Gasteiger partial charge on any atom is 0.225 e. The van der Waals surface area contributed by atoms with E-state index in [2.05, 4.69) is 22.2 Å². The Morgan fingerprint density at radius 1 is 1.04 bits per heavy atom. The molecule has 0 saturated heterocycles. The van der Waals surface area contributed by atoms with E-state index in [0.717, 1.165) is 23.0 Å². The number of nitrogens with zero attached hydrogens (tertiary/aromatic N) is 2. The summed E-state index contributed by atoms with van der Waals surface area (Å²) in [6, 6.07) is 0.529. The highest BCUT2D eigenvalue weighted by Gasteiger charge is 2.23. The van der Waals surface area contributed by atoms with Crippen LogP contribution in [0.1, 0.15) is 62.3 Å². The summed E-state index contributed by atoms with van der Waals surface area (Å²) in [4.78, 5) is 11.7. The summed E-state index contributed by atoms with van der Waals surface area (Å²) in [5, 5.41) is 5.35. The second-order valence-corrected chi connectivity index (χ2v) is 8.61. The predicted molar refractivity (Wildman–Crippen MR) is 98.7 cm³/mol. The summed E-state index contributed by atoms with van der Waals surface area (Å²) >= 11 is 8.03. The van der Waals surface area contributed by atoms with Crippen molar-refractivity contribution in [1.29, 1.82) is 0 Å². The van der Waals surface area contributed by atoms with Crippen LogP contribution in [-0.4, -0.2) is 16.0 Å². The van der Waals surface area contributed by atoms with Crippen LogP contribution < -0.4 is 5.32 Å². The SMILES string of the molecule is CC1CCC(Nc2nc(Cl)nc3sc4c(c23)CCCCC4)CC1. The van der Waals surface area contributed by atoms with Gasteiger partial charge in [0.25, 0.3) is 0 Å². The largest absolute Gasteiger partial charge is 0.367 e. The quantitative estimate of drug-likeness (QED) is 0.566. The molecule has 0 atom stereocenters. The second-order valence-electron chi connectivity index (χ2n) is 7.19. The summed E-state index contributed by atoms with van der Waals surface area (Å²) in [6.07, 6.45) is 11.3. The number of aromatic nitrogens is 2. The molecule has 0 unspecified atom stereocenters. The zero-order valence-electron chi connectivity index (χ0n) is 13.7. The van der Waals surface area contributed by atoms with Crippen molar-refractivity contribution in [2.24, 2.45) is 5.92 Å². The number of rotatable bonds is 2. The molecule has 3 nitrogen and oxygen atoms in total. The van der Waals surface area contributed by atoms with Crippen molar-refractivity contribution in [3.8, 4) is 0 Å². The molecular formula is C18H24ClN3S. The van der Waals surface area contributed by atoms with Gasteiger partial charge in [0.1, 0.15) is 10.6 Å². The molecule has 2 aromatic heterocycles. The van der Waals surface area contributed by atoms with E-state index in [9.17, 15) is 0 Å². The number of aryl methyl sites for hydroxylation is 2. The van der Waals surface area contributed by atoms with Gasteiger partial charge in [-0.05, 0) is 74.4 Å². The van der Waals surface area contributed by atoms with Gasteiger partial charge in [0.15, 0.2) is 0 Å². The van der Waals surface area contributed by atoms with Crippen LogP contribution in [-0.2, 0) is 12.8 Å². The van der Waals surface area contributed by atoms with Gasteiger partial charge in [0, 0.05) is 10.9 Å². The van der Waals surface area contributed by atoms with E-state index < -0.39 is 0 Å². The molecular weight excluding hydrogens is 326 g/mol. The van der Waals surface area contributed by atoms with Crippen molar-refractivity contribution >= 4 is 39.0 Å². The molecule has 0 radical (unpaired) electrons. The number of hydrogen-bond donors (Lipinski definition) is 1. The third-order valence-electron chi connectivity index (χ3n) is 5.39. The number of fused-ring (bicyclic) bond motifs is 3. The monoisotopic (exact) mass is 349 g/mol. The number of hydrogen-bond acceptors (Lipinski definition) is 4. The van der Waals surface area contributed by atoms with Gasteiger partial charge in [0.05, 0.1) is 5.39 Å². The molecule has 1 saturated carbocycles. The van der Waals surface area contributed by atoms with E-state index in [0.29, 0.717) is 11.3 Å². The van der Waals surface area contributed by atoms with Crippen LogP contribution in [0.4, 0.5) is 5.82 Å². The second kappa shape index (κ2) is 6.56. The molecule has 2 aliphatic carbocycles. The predicted octanol–water partition coefficient (Wildman–Crippen LogP) is 5.60. The molecule has 2 aliphatic rings. The minimum Gasteiger partial charge on any atom is -0.367 e. The lowest BCUT2D eigenvalue weighted by Gasteiger charge is -2.27. The summed E-state index contributed by atoms with van der Waals surface area (Å²) in [5.41, 5.74) is 1.49. The molecule has 2 aromatic rings. The fourth-order valence-electron chi connectivity index (χ4n) is 4.01. The number of anilines is 1. The maximum atomic E-state index is 6.20. The van der Waals surface area contributed by atoms with Crippen molar-refractivity contribution in [2.45, 2.75) is 70.8 Å². The van der Waals surface area contributed by atoms with E-state index in [1.54, 1.807) is 0 Å². The van der Waals surface area contributed by atoms with Crippen LogP contribution >= 0.6 is 22.9 Å². The lowest BCUT2D eigenvalue weighted by Crippen LogP contribution is -2.25. The molecule has 1 fully saturated rings. The molecule has 4 rings (SSSR count). The summed E-state index contributed by atoms with van der Waals surface area (Å²) in [5.74, 6) is 1.85. The highest BCUT2D eigenvalue weighted by molar-refractivity contribution is 7.19. The van der Waals surface area contributed by atoms with E-state index in [1.165, 1.54) is 67.2 Å². The first-order valence-electron chi connectivity index (χ1n) is 8.95. The lowest BCUT2D eigenvalue weighted by atomic mass is 9.87. The van der Waals surface area contributed by atoms with E-state index in [1.807, 2.05) is 11.3 Å². The Morgan fingerprint density at radius 2 is 1.83 bits per heavy atom. The molecule has 0 aromatic carbocycles. The smallest absolute Gasteiger partial charge is 0.225 e. The van der Waals surface area contributed by atoms with Crippen LogP contribution in [0.2, 0.25) is 5.28 Å². The lowest BCUT2D eigenvalue weighted by molar-refractivity contribution is 0.361. The Labute approximate surface area is 146 Å². The summed E-state index contributed by atoms with van der Waals surface area (Å²) < 4.78 is 0. The fraction of sp³-hybridized carbons (Fsp3) is 0.667. The third kappa shape index (κ3) is 3.20. The van der Waals surface area contributed by atoms with Crippen molar-refractivity contribution in [3.63, 3.8) is 0 Å². The topological polar surface area (TPSA) is 37.8 Å². The van der Waals surface area contributed by atoms with Crippen molar-refractivity contribution in [3.05, 3.63) is 15.7 Å². The third-order valence-corrected chi connectivity index (χ3v) is 6.75. The minimum absolute atomic E-state index is 0.376. The molecule has 0 spiro atoms. The Kier molecular flexibility index (Phi) is 4.46. The van der Waals surface area contributed by atoms with Gasteiger partial charge in [-0.3, -0.25) is 0 Å². The molecule has 5 heteroatoms. The average molecular weight is 350 g/mol. The molecule has 0 bridgehead atoms. The minimum atomic E-state index is 0.376. The summed E-state index contributed by atoms with van der Waals surface area (Å²) in [7, 11) is 0. The van der Waals surface area contributed by atoms with Crippen LogP contribution in [0, 0.1) is 5.92 Å². The highest BCUT2D eigenvalue weighted by Crippen LogP contribution is 2.39. The van der Waals surface area contributed by atoms with Gasteiger partial charge in [-0.15, -0.1) is 11.3 Å². The number of halogens is 1. The first kappa shape index (κ1) is 15.6. The molecule has 23 heavy (non-hydrogen) atoms. The maximum absolute atomic E-state index is 6.20. The van der Waals surface area contributed by atoms with Gasteiger partial charge >= 0.3 is 0 Å². The number of thiophene rings is 1. The van der Waals surface area contributed by atoms with Crippen molar-refractivity contribution < 1.29 is 0 Å². The Bertz CT molecular complexity index is 704. The highest BCUT2D eigenvalue weighted by atomic mass is 35.5. The van der Waals surface area contributed by atoms with Crippen LogP contribution in [0.5, 0.6) is 0 Å². The normalized spacial score (nSPS) is 25.1. The van der Waals surface area contributed by atoms with Gasteiger partial charge in [-0.25, -0.2) is 9.97 Å². The standard InChI is InChI=1S/C18H24ClN3S/c1-11-7-9-12(10-8-11)20-16-15-13-5-3-2-4-6-14(13)23-17(15)22-18(19)21-16/h11-12H,2-10H2,1H3,(H,20,21,22). The Morgan fingerprint density at radius 3 is 2.65 bits per heavy atom. The first-order valence-corrected chi connectivity index (χ1v) is 10.1. The van der Waals surface area contributed by atoms with E-state index >= 15 is 0 Å². The number of nitrogens with one attached hydrogen (secondary N) is 1. The van der Waals surface area contributed by atoms with Crippen molar-refractivity contribution in [2.75, 3.05) is 5.32 Å². The summed E-state index contributed by atoms with van der Waals surface area (Å²) in [6.45, 7) is 2.36. The van der Waals surface area contributed by atoms with Crippen molar-refractivity contribution in [1.82, 2.24) is 9.97 Å². The fourth-order valence-corrected chi connectivity index (χ4v) is 5.49. The average Bonchev–Trinajstić information content (AvgIpc) is 2.71. The molecule has 0 aliphatic heterocycles. The van der Waals surface area contributed by atoms with E-state index in [4.69, 9.17) is 11.6 Å². The van der Waals surface area contributed by atoms with Gasteiger partial charge in [0.2, 0.25) is 5.28 Å².